The van der Waals surface area contributed by atoms with E-state index in [0.717, 1.165) is 44.8 Å². The Morgan fingerprint density at radius 3 is 2.35 bits per heavy atom. The van der Waals surface area contributed by atoms with E-state index < -0.39 is 0 Å². The molecule has 5 nitrogen and oxygen atoms in total. The quantitative estimate of drug-likeness (QED) is 0.714. The van der Waals surface area contributed by atoms with E-state index in [2.05, 4.69) is 41.3 Å². The summed E-state index contributed by atoms with van der Waals surface area (Å²) < 4.78 is 0. The molecule has 0 radical (unpaired) electrons. The van der Waals surface area contributed by atoms with E-state index in [0.29, 0.717) is 6.54 Å². The lowest BCUT2D eigenvalue weighted by molar-refractivity contribution is -0.118. The van der Waals surface area contributed by atoms with Crippen LogP contribution in [0, 0.1) is 0 Å². The first-order valence-corrected chi connectivity index (χ1v) is 7.51. The standard InChI is InChI=1S/C15H28N4O/c1-12(13-9-16-10-13)14(20)17-11-15(2,3)19-7-5-18(4)6-8-19/h16H,5-11H2,1-4H3,(H,17,20). The van der Waals surface area contributed by atoms with Gasteiger partial charge < -0.3 is 15.5 Å². The Labute approximate surface area is 122 Å². The highest BCUT2D eigenvalue weighted by Gasteiger charge is 2.29. The molecule has 0 bridgehead atoms. The maximum Gasteiger partial charge on any atom is 0.247 e. The van der Waals surface area contributed by atoms with Crippen LogP contribution in [0.25, 0.3) is 0 Å². The monoisotopic (exact) mass is 280 g/mol. The molecule has 2 rings (SSSR count). The highest BCUT2D eigenvalue weighted by molar-refractivity contribution is 5.94. The van der Waals surface area contributed by atoms with Gasteiger partial charge in [-0.25, -0.2) is 0 Å². The van der Waals surface area contributed by atoms with Gasteiger partial charge in [0.15, 0.2) is 0 Å². The van der Waals surface area contributed by atoms with Crippen molar-refractivity contribution in [3.05, 3.63) is 11.1 Å². The summed E-state index contributed by atoms with van der Waals surface area (Å²) in [5.74, 6) is 0.0868. The Kier molecular flexibility index (Phi) is 4.83. The van der Waals surface area contributed by atoms with Crippen LogP contribution in [0.1, 0.15) is 20.8 Å². The summed E-state index contributed by atoms with van der Waals surface area (Å²) in [4.78, 5) is 17.0. The minimum atomic E-state index is 0.0136. The normalized spacial score (nSPS) is 21.5. The molecule has 0 unspecified atom stereocenters. The fourth-order valence-corrected chi connectivity index (χ4v) is 2.63. The maximum atomic E-state index is 12.1. The molecule has 0 aromatic heterocycles. The number of amides is 1. The van der Waals surface area contributed by atoms with Gasteiger partial charge in [0.05, 0.1) is 0 Å². The van der Waals surface area contributed by atoms with Gasteiger partial charge >= 0.3 is 0 Å². The smallest absolute Gasteiger partial charge is 0.247 e. The molecule has 20 heavy (non-hydrogen) atoms. The zero-order valence-electron chi connectivity index (χ0n) is 13.3. The fourth-order valence-electron chi connectivity index (χ4n) is 2.63. The lowest BCUT2D eigenvalue weighted by Gasteiger charge is -2.43. The van der Waals surface area contributed by atoms with E-state index in [9.17, 15) is 4.79 Å². The highest BCUT2D eigenvalue weighted by Crippen LogP contribution is 2.16. The zero-order valence-corrected chi connectivity index (χ0v) is 13.3. The second-order valence-electron chi connectivity index (χ2n) is 6.62. The van der Waals surface area contributed by atoms with E-state index >= 15 is 0 Å². The van der Waals surface area contributed by atoms with Crippen molar-refractivity contribution in [2.75, 3.05) is 52.9 Å². The second-order valence-corrected chi connectivity index (χ2v) is 6.62. The number of hydrogen-bond acceptors (Lipinski definition) is 4. The average molecular weight is 280 g/mol. The van der Waals surface area contributed by atoms with Gasteiger partial charge in [-0.3, -0.25) is 9.69 Å². The molecule has 0 aromatic rings. The number of carbonyl (C=O) groups excluding carboxylic acids is 1. The van der Waals surface area contributed by atoms with Gasteiger partial charge in [0.25, 0.3) is 0 Å². The Morgan fingerprint density at radius 2 is 1.85 bits per heavy atom. The lowest BCUT2D eigenvalue weighted by Crippen LogP contribution is -2.58. The Balaban J connectivity index is 1.84. The summed E-state index contributed by atoms with van der Waals surface area (Å²) in [6.07, 6.45) is 0. The van der Waals surface area contributed by atoms with Crippen LogP contribution in [-0.2, 0) is 4.79 Å². The number of piperazine rings is 1. The van der Waals surface area contributed by atoms with Crippen molar-refractivity contribution >= 4 is 5.91 Å². The van der Waals surface area contributed by atoms with Gasteiger partial charge in [0.2, 0.25) is 5.91 Å². The number of carbonyl (C=O) groups is 1. The number of nitrogens with zero attached hydrogens (tertiary/aromatic N) is 2. The molecule has 2 N–H and O–H groups in total. The van der Waals surface area contributed by atoms with E-state index in [1.54, 1.807) is 0 Å². The number of hydrogen-bond donors (Lipinski definition) is 2. The highest BCUT2D eigenvalue weighted by atomic mass is 16.1. The molecular weight excluding hydrogens is 252 g/mol. The van der Waals surface area contributed by atoms with Crippen molar-refractivity contribution in [2.45, 2.75) is 26.3 Å². The van der Waals surface area contributed by atoms with Crippen molar-refractivity contribution in [3.8, 4) is 0 Å². The average Bonchev–Trinajstić information content (AvgIpc) is 2.34. The largest absolute Gasteiger partial charge is 0.350 e. The Morgan fingerprint density at radius 1 is 1.25 bits per heavy atom. The van der Waals surface area contributed by atoms with Gasteiger partial charge in [-0.1, -0.05) is 0 Å². The molecule has 2 fully saturated rings. The molecular formula is C15H28N4O. The lowest BCUT2D eigenvalue weighted by atomic mass is 10.00. The van der Waals surface area contributed by atoms with E-state index in [4.69, 9.17) is 0 Å². The van der Waals surface area contributed by atoms with Crippen LogP contribution in [-0.4, -0.2) is 74.1 Å². The van der Waals surface area contributed by atoms with Crippen LogP contribution in [0.5, 0.6) is 0 Å². The van der Waals surface area contributed by atoms with Crippen LogP contribution >= 0.6 is 0 Å². The maximum absolute atomic E-state index is 12.1. The topological polar surface area (TPSA) is 47.6 Å². The van der Waals surface area contributed by atoms with Gasteiger partial charge in [0.1, 0.15) is 0 Å². The summed E-state index contributed by atoms with van der Waals surface area (Å²) in [7, 11) is 2.16. The SMILES string of the molecule is CC(C(=O)NCC(C)(C)N1CCN(C)CC1)=C1CNC1. The zero-order chi connectivity index (χ0) is 14.8. The van der Waals surface area contributed by atoms with Gasteiger partial charge in [-0.2, -0.15) is 0 Å². The first-order valence-electron chi connectivity index (χ1n) is 7.51. The van der Waals surface area contributed by atoms with Crippen molar-refractivity contribution in [2.24, 2.45) is 0 Å². The molecule has 0 aliphatic carbocycles. The van der Waals surface area contributed by atoms with Gasteiger partial charge in [0, 0.05) is 56.9 Å². The molecule has 0 aromatic carbocycles. The molecule has 2 aliphatic heterocycles. The fraction of sp³-hybridized carbons (Fsp3) is 0.800. The summed E-state index contributed by atoms with van der Waals surface area (Å²) >= 11 is 0. The van der Waals surface area contributed by atoms with E-state index in [1.165, 1.54) is 5.57 Å². The Bertz CT molecular complexity index is 389. The van der Waals surface area contributed by atoms with E-state index in [1.807, 2.05) is 6.92 Å². The molecule has 114 valence electrons. The first-order chi connectivity index (χ1) is 9.40. The summed E-state index contributed by atoms with van der Waals surface area (Å²) in [5.41, 5.74) is 2.14. The minimum Gasteiger partial charge on any atom is -0.350 e. The van der Waals surface area contributed by atoms with Crippen LogP contribution in [0.15, 0.2) is 11.1 Å². The Hall–Kier alpha value is -0.910. The third-order valence-electron chi connectivity index (χ3n) is 4.59. The summed E-state index contributed by atoms with van der Waals surface area (Å²) in [6, 6.07) is 0. The van der Waals surface area contributed by atoms with Crippen LogP contribution in [0.2, 0.25) is 0 Å². The predicted octanol–water partition coefficient (Wildman–Crippen LogP) is 0.0483. The minimum absolute atomic E-state index is 0.0136. The van der Waals surface area contributed by atoms with Crippen LogP contribution < -0.4 is 10.6 Å². The molecule has 2 saturated heterocycles. The summed E-state index contributed by atoms with van der Waals surface area (Å²) in [6.45, 7) is 13.1. The van der Waals surface area contributed by atoms with E-state index in [-0.39, 0.29) is 11.4 Å². The van der Waals surface area contributed by atoms with Crippen molar-refractivity contribution in [1.82, 2.24) is 20.4 Å². The van der Waals surface area contributed by atoms with Crippen LogP contribution in [0.3, 0.4) is 0 Å². The van der Waals surface area contributed by atoms with Crippen molar-refractivity contribution < 1.29 is 4.79 Å². The number of rotatable bonds is 4. The van der Waals surface area contributed by atoms with Crippen LogP contribution in [0.4, 0.5) is 0 Å². The third-order valence-corrected chi connectivity index (χ3v) is 4.59. The molecule has 0 spiro atoms. The molecule has 2 heterocycles. The molecule has 5 heteroatoms. The van der Waals surface area contributed by atoms with Gasteiger partial charge in [-0.15, -0.1) is 0 Å². The number of likely N-dealkylation sites (N-methyl/N-ethyl adjacent to an activating group) is 1. The van der Waals surface area contributed by atoms with Gasteiger partial charge in [-0.05, 0) is 33.4 Å². The third kappa shape index (κ3) is 3.59. The summed E-state index contributed by atoms with van der Waals surface area (Å²) in [5, 5.41) is 6.27. The predicted molar refractivity (Wildman–Crippen MR) is 81.7 cm³/mol. The molecule has 1 amide bonds. The first kappa shape index (κ1) is 15.5. The molecule has 0 saturated carbocycles. The van der Waals surface area contributed by atoms with Crippen molar-refractivity contribution in [3.63, 3.8) is 0 Å². The van der Waals surface area contributed by atoms with Crippen molar-refractivity contribution in [1.29, 1.82) is 0 Å². The molecule has 2 aliphatic rings. The number of nitrogens with one attached hydrogen (secondary N) is 2. The second kappa shape index (κ2) is 6.24. The molecule has 0 atom stereocenters.